The van der Waals surface area contributed by atoms with E-state index in [2.05, 4.69) is 72.2 Å². The fourth-order valence-corrected chi connectivity index (χ4v) is 7.66. The molecule has 4 fully saturated rings. The number of aliphatic hydroxyl groups excluding tert-OH is 2. The van der Waals surface area contributed by atoms with Crippen LogP contribution in [0.1, 0.15) is 159 Å². The molecule has 0 spiro atoms. The standard InChI is InChI=1S/3C9H19N.C8H16O.C6H14O2.3ClH/c1-8(2)7-9-3-5-10-6-4-9;2*1-7(2)8-3-5-9(10)6-4-8;1-7(2)5-8-3-4-9-6-8;1-5(2)3-6(8)4-7;;;/h8-10H,3-7H2,1-2H3;2*7-9H,3-6,10H2,1-2H3;7-8H,3-6H2,1-2H3;5-8H,3-4H2,1-2H3;3*1H. The highest BCUT2D eigenvalue weighted by molar-refractivity contribution is 4.73. The summed E-state index contributed by atoms with van der Waals surface area (Å²) in [5.41, 5.74) is 8.18. The van der Waals surface area contributed by atoms with Gasteiger partial charge in [-0.1, -0.05) is 69.2 Å². The number of nitrogens with two attached hydrogens (primary N) is 1. The summed E-state index contributed by atoms with van der Waals surface area (Å²) in [4.78, 5) is 0. The fourth-order valence-electron chi connectivity index (χ4n) is 7.66. The smallest absolute Gasteiger partial charge is 0.0843 e. The summed E-state index contributed by atoms with van der Waals surface area (Å²) >= 11 is 0. The van der Waals surface area contributed by atoms with Gasteiger partial charge < -0.3 is 69.0 Å². The molecule has 10 N–H and O–H groups in total. The normalized spacial score (nSPS) is 25.6. The molecule has 0 bridgehead atoms. The molecule has 0 aromatic rings. The van der Waals surface area contributed by atoms with Gasteiger partial charge in [-0.3, -0.25) is 0 Å². The zero-order valence-corrected chi connectivity index (χ0v) is 37.1. The monoisotopic (exact) mass is 778 g/mol. The van der Waals surface area contributed by atoms with Crippen molar-refractivity contribution in [1.82, 2.24) is 0 Å². The lowest BCUT2D eigenvalue weighted by Crippen LogP contribution is -3.00. The molecule has 4 aliphatic rings. The lowest BCUT2D eigenvalue weighted by atomic mass is 9.80. The van der Waals surface area contributed by atoms with Crippen molar-refractivity contribution in [3.8, 4) is 0 Å². The average molecular weight is 780 g/mol. The van der Waals surface area contributed by atoms with Crippen LogP contribution in [0.25, 0.3) is 0 Å². The third-order valence-corrected chi connectivity index (χ3v) is 10.8. The number of aliphatic hydroxyl groups is 2. The van der Waals surface area contributed by atoms with Crippen LogP contribution in [-0.2, 0) is 4.74 Å². The Morgan fingerprint density at radius 3 is 1.26 bits per heavy atom. The Balaban J connectivity index is -0.000000261. The highest BCUT2D eigenvalue weighted by Gasteiger charge is 2.23. The molecule has 2 saturated carbocycles. The third-order valence-electron chi connectivity index (χ3n) is 10.8. The van der Waals surface area contributed by atoms with E-state index in [0.29, 0.717) is 12.3 Å². The highest BCUT2D eigenvalue weighted by atomic mass is 35.5. The van der Waals surface area contributed by atoms with Crippen molar-refractivity contribution in [3.05, 3.63) is 0 Å². The van der Waals surface area contributed by atoms with Crippen molar-refractivity contribution < 1.29 is 69.0 Å². The van der Waals surface area contributed by atoms with Crippen molar-refractivity contribution in [1.29, 1.82) is 0 Å². The topological polar surface area (TPSA) is 122 Å². The van der Waals surface area contributed by atoms with Crippen molar-refractivity contribution in [2.75, 3.05) is 32.9 Å². The molecule has 2 aliphatic heterocycles. The molecule has 2 aliphatic carbocycles. The Hall–Kier alpha value is 0.630. The van der Waals surface area contributed by atoms with E-state index in [9.17, 15) is 0 Å². The molecule has 2 unspecified atom stereocenters. The van der Waals surface area contributed by atoms with Gasteiger partial charge in [-0.25, -0.2) is 0 Å². The Labute approximate surface area is 331 Å². The van der Waals surface area contributed by atoms with Gasteiger partial charge >= 0.3 is 0 Å². The molecule has 2 atom stereocenters. The summed E-state index contributed by atoms with van der Waals surface area (Å²) in [5, 5.41) is 19.6. The molecule has 0 radical (unpaired) electrons. The maximum Gasteiger partial charge on any atom is 0.0843 e. The van der Waals surface area contributed by atoms with Gasteiger partial charge in [0.1, 0.15) is 0 Å². The van der Waals surface area contributed by atoms with Gasteiger partial charge in [-0.15, -0.1) is 0 Å². The van der Waals surface area contributed by atoms with Crippen molar-refractivity contribution in [2.45, 2.75) is 177 Å². The molecule has 6 nitrogen and oxygen atoms in total. The summed E-state index contributed by atoms with van der Waals surface area (Å²) in [7, 11) is 0. The molecular formula is C41H90Cl3N3O3. The molecular weight excluding hydrogens is 689 g/mol. The first-order valence-electron chi connectivity index (χ1n) is 20.5. The minimum Gasteiger partial charge on any atom is -1.00 e. The Morgan fingerprint density at radius 2 is 0.980 bits per heavy atom. The molecule has 308 valence electrons. The largest absolute Gasteiger partial charge is 1.00 e. The van der Waals surface area contributed by atoms with Crippen LogP contribution < -0.4 is 54.0 Å². The van der Waals surface area contributed by atoms with Crippen molar-refractivity contribution in [3.63, 3.8) is 0 Å². The van der Waals surface area contributed by atoms with Gasteiger partial charge in [-0.2, -0.15) is 0 Å². The maximum atomic E-state index is 8.78. The van der Waals surface area contributed by atoms with Gasteiger partial charge in [0.2, 0.25) is 0 Å². The second-order valence-corrected chi connectivity index (χ2v) is 17.8. The number of piperidine rings is 1. The summed E-state index contributed by atoms with van der Waals surface area (Å²) < 4.78 is 5.26. The van der Waals surface area contributed by atoms with Crippen LogP contribution in [0.15, 0.2) is 0 Å². The zero-order chi connectivity index (χ0) is 35.8. The van der Waals surface area contributed by atoms with E-state index < -0.39 is 6.10 Å². The molecule has 4 rings (SSSR count). The van der Waals surface area contributed by atoms with Crippen molar-refractivity contribution >= 4 is 0 Å². The van der Waals surface area contributed by atoms with Crippen LogP contribution in [0.4, 0.5) is 0 Å². The second kappa shape index (κ2) is 35.3. The summed E-state index contributed by atoms with van der Waals surface area (Å²) in [5.74, 6) is 7.92. The molecule has 0 aromatic carbocycles. The molecule has 0 aromatic heterocycles. The fraction of sp³-hybridized carbons (Fsp3) is 1.00. The van der Waals surface area contributed by atoms with E-state index in [0.717, 1.165) is 72.6 Å². The van der Waals surface area contributed by atoms with Gasteiger partial charge in [-0.05, 0) is 143 Å². The predicted molar refractivity (Wildman–Crippen MR) is 202 cm³/mol. The minimum atomic E-state index is -0.519. The Bertz CT molecular complexity index is 649. The van der Waals surface area contributed by atoms with Crippen LogP contribution >= 0.6 is 0 Å². The van der Waals surface area contributed by atoms with Crippen molar-refractivity contribution in [2.24, 2.45) is 53.3 Å². The first kappa shape index (κ1) is 57.4. The van der Waals surface area contributed by atoms with Crippen LogP contribution in [0.5, 0.6) is 0 Å². The van der Waals surface area contributed by atoms with Crippen LogP contribution in [-0.4, -0.2) is 61.3 Å². The van der Waals surface area contributed by atoms with E-state index in [1.54, 1.807) is 0 Å². The highest BCUT2D eigenvalue weighted by Crippen LogP contribution is 2.29. The van der Waals surface area contributed by atoms with Gasteiger partial charge in [0.15, 0.2) is 0 Å². The van der Waals surface area contributed by atoms with Crippen LogP contribution in [0.3, 0.4) is 0 Å². The predicted octanol–water partition coefficient (Wildman–Crippen LogP) is -2.64. The van der Waals surface area contributed by atoms with Gasteiger partial charge in [0.25, 0.3) is 0 Å². The zero-order valence-electron chi connectivity index (χ0n) is 34.8. The van der Waals surface area contributed by atoms with E-state index in [1.807, 2.05) is 13.8 Å². The SMILES string of the molecule is CC(C)C1CCC([NH3+])CC1.CC(C)C1CCC([NH3+])CC1.CC(C)CC(O)CO.CC(C)CC1CCOC1.CC(C)CC1CC[NH2+]CC1.[Cl-].[Cl-].[Cl-]. The molecule has 2 heterocycles. The van der Waals surface area contributed by atoms with E-state index in [4.69, 9.17) is 14.9 Å². The number of rotatable bonds is 9. The van der Waals surface area contributed by atoms with E-state index in [1.165, 1.54) is 96.6 Å². The molecule has 9 heteroatoms. The van der Waals surface area contributed by atoms with Gasteiger partial charge in [0.05, 0.1) is 37.9 Å². The molecule has 2 saturated heterocycles. The minimum absolute atomic E-state index is 0. The summed E-state index contributed by atoms with van der Waals surface area (Å²) in [6, 6.07) is 1.52. The lowest BCUT2D eigenvalue weighted by Gasteiger charge is -2.26. The lowest BCUT2D eigenvalue weighted by molar-refractivity contribution is -0.665. The number of quaternary nitrogens is 3. The van der Waals surface area contributed by atoms with Crippen LogP contribution in [0, 0.1) is 53.3 Å². The number of hydrogen-bond acceptors (Lipinski definition) is 3. The summed E-state index contributed by atoms with van der Waals surface area (Å²) in [6.07, 6.45) is 18.3. The Kier molecular flexibility index (Phi) is 40.5. The summed E-state index contributed by atoms with van der Waals surface area (Å²) in [6.45, 7) is 27.2. The average Bonchev–Trinajstić information content (AvgIpc) is 3.51. The van der Waals surface area contributed by atoms with Crippen LogP contribution in [0.2, 0.25) is 0 Å². The number of halogens is 3. The molecule has 0 amide bonds. The maximum absolute atomic E-state index is 8.78. The first-order valence-corrected chi connectivity index (χ1v) is 20.5. The Morgan fingerprint density at radius 1 is 0.580 bits per heavy atom. The van der Waals surface area contributed by atoms with E-state index >= 15 is 0 Å². The van der Waals surface area contributed by atoms with E-state index in [-0.39, 0.29) is 43.8 Å². The molecule has 50 heavy (non-hydrogen) atoms. The third kappa shape index (κ3) is 33.2. The first-order chi connectivity index (χ1) is 22.1. The van der Waals surface area contributed by atoms with Gasteiger partial charge in [0, 0.05) is 13.2 Å². The quantitative estimate of drug-likeness (QED) is 0.176. The number of hydrogen-bond donors (Lipinski definition) is 5. The number of ether oxygens (including phenoxy) is 1. The second-order valence-electron chi connectivity index (χ2n) is 17.8.